The van der Waals surface area contributed by atoms with Crippen molar-refractivity contribution in [3.63, 3.8) is 0 Å². The number of esters is 1. The summed E-state index contributed by atoms with van der Waals surface area (Å²) >= 11 is 0. The van der Waals surface area contributed by atoms with Gasteiger partial charge in [0.15, 0.2) is 0 Å². The molecule has 2 aliphatic rings. The number of hydrogen-bond donors (Lipinski definition) is 1. The Bertz CT molecular complexity index is 195. The van der Waals surface area contributed by atoms with Gasteiger partial charge in [-0.3, -0.25) is 10.1 Å². The van der Waals surface area contributed by atoms with Crippen molar-refractivity contribution < 1.29 is 9.53 Å². The maximum absolute atomic E-state index is 11.5. The van der Waals surface area contributed by atoms with E-state index < -0.39 is 0 Å². The molecule has 0 amide bonds. The third-order valence-corrected chi connectivity index (χ3v) is 2.99. The van der Waals surface area contributed by atoms with E-state index in [1.54, 1.807) is 0 Å². The van der Waals surface area contributed by atoms with E-state index in [0.29, 0.717) is 12.6 Å². The van der Waals surface area contributed by atoms with E-state index in [0.717, 1.165) is 25.7 Å². The van der Waals surface area contributed by atoms with Gasteiger partial charge in [0.25, 0.3) is 0 Å². The Morgan fingerprint density at radius 1 is 1.58 bits per heavy atom. The van der Waals surface area contributed by atoms with Crippen molar-refractivity contribution in [1.82, 2.24) is 5.32 Å². The second-order valence-electron chi connectivity index (χ2n) is 3.72. The van der Waals surface area contributed by atoms with Crippen LogP contribution >= 0.6 is 0 Å². The molecule has 0 aromatic rings. The number of nitrogens with one attached hydrogen (secondary N) is 1. The molecule has 1 N–H and O–H groups in total. The monoisotopic (exact) mass is 169 g/mol. The average Bonchev–Trinajstić information content (AvgIpc) is 2.64. The fraction of sp³-hybridized carbons (Fsp3) is 0.889. The second-order valence-corrected chi connectivity index (χ2v) is 3.72. The lowest BCUT2D eigenvalue weighted by Gasteiger charge is -2.22. The highest BCUT2D eigenvalue weighted by Crippen LogP contribution is 2.38. The summed E-state index contributed by atoms with van der Waals surface area (Å²) in [6, 6.07) is 0.578. The van der Waals surface area contributed by atoms with Gasteiger partial charge in [0.2, 0.25) is 0 Å². The zero-order valence-corrected chi connectivity index (χ0v) is 7.43. The molecule has 0 radical (unpaired) electrons. The highest BCUT2D eigenvalue weighted by Gasteiger charge is 2.50. The predicted molar refractivity (Wildman–Crippen MR) is 44.8 cm³/mol. The Balaban J connectivity index is 2.06. The largest absolute Gasteiger partial charge is 0.465 e. The number of rotatable bonds is 2. The summed E-state index contributed by atoms with van der Waals surface area (Å²) in [6.45, 7) is 2.35. The van der Waals surface area contributed by atoms with Crippen LogP contribution in [0.4, 0.5) is 0 Å². The van der Waals surface area contributed by atoms with Crippen molar-refractivity contribution in [2.45, 2.75) is 44.2 Å². The summed E-state index contributed by atoms with van der Waals surface area (Å²) in [7, 11) is 0. The lowest BCUT2D eigenvalue weighted by atomic mass is 9.88. The normalized spacial score (nSPS) is 38.6. The summed E-state index contributed by atoms with van der Waals surface area (Å²) in [6.07, 6.45) is 4.21. The van der Waals surface area contributed by atoms with Crippen LogP contribution in [0.25, 0.3) is 0 Å². The standard InChI is InChI=1S/C9H15NO2/c1-2-12-8(11)9-5-3-7(10-9)4-6-9/h7,10H,2-6H2,1H3. The van der Waals surface area contributed by atoms with E-state index in [1.807, 2.05) is 6.92 Å². The number of carbonyl (C=O) groups is 1. The van der Waals surface area contributed by atoms with Gasteiger partial charge in [0.1, 0.15) is 5.54 Å². The van der Waals surface area contributed by atoms with E-state index >= 15 is 0 Å². The topological polar surface area (TPSA) is 38.3 Å². The second kappa shape index (κ2) is 2.73. The van der Waals surface area contributed by atoms with Crippen LogP contribution in [0.15, 0.2) is 0 Å². The summed E-state index contributed by atoms with van der Waals surface area (Å²) in [4.78, 5) is 11.5. The fourth-order valence-corrected chi connectivity index (χ4v) is 2.32. The van der Waals surface area contributed by atoms with Crippen LogP contribution in [0, 0.1) is 0 Å². The maximum atomic E-state index is 11.5. The molecular weight excluding hydrogens is 154 g/mol. The van der Waals surface area contributed by atoms with Gasteiger partial charge in [-0.2, -0.15) is 0 Å². The molecular formula is C9H15NO2. The van der Waals surface area contributed by atoms with Gasteiger partial charge in [-0.25, -0.2) is 0 Å². The van der Waals surface area contributed by atoms with Crippen LogP contribution in [0.2, 0.25) is 0 Å². The van der Waals surface area contributed by atoms with Gasteiger partial charge in [-0.15, -0.1) is 0 Å². The molecule has 3 nitrogen and oxygen atoms in total. The van der Waals surface area contributed by atoms with Crippen LogP contribution in [-0.2, 0) is 9.53 Å². The van der Waals surface area contributed by atoms with Gasteiger partial charge in [0, 0.05) is 6.04 Å². The molecule has 0 aromatic carbocycles. The molecule has 2 bridgehead atoms. The fourth-order valence-electron chi connectivity index (χ4n) is 2.32. The zero-order valence-electron chi connectivity index (χ0n) is 7.43. The number of hydrogen-bond acceptors (Lipinski definition) is 3. The molecule has 3 heteroatoms. The third-order valence-electron chi connectivity index (χ3n) is 2.99. The maximum Gasteiger partial charge on any atom is 0.326 e. The van der Waals surface area contributed by atoms with Gasteiger partial charge in [0.05, 0.1) is 6.61 Å². The van der Waals surface area contributed by atoms with Crippen LogP contribution in [0.3, 0.4) is 0 Å². The molecule has 2 fully saturated rings. The Hall–Kier alpha value is -0.570. The number of fused-ring (bicyclic) bond motifs is 2. The first-order valence-electron chi connectivity index (χ1n) is 4.72. The minimum atomic E-state index is -0.291. The van der Waals surface area contributed by atoms with Gasteiger partial charge in [-0.05, 0) is 32.6 Å². The molecule has 12 heavy (non-hydrogen) atoms. The average molecular weight is 169 g/mol. The van der Waals surface area contributed by atoms with E-state index in [9.17, 15) is 4.79 Å². The molecule has 0 atom stereocenters. The summed E-state index contributed by atoms with van der Waals surface area (Å²) in [5.74, 6) is -0.0370. The number of carbonyl (C=O) groups excluding carboxylic acids is 1. The lowest BCUT2D eigenvalue weighted by Crippen LogP contribution is -2.45. The molecule has 2 saturated heterocycles. The van der Waals surface area contributed by atoms with Gasteiger partial charge < -0.3 is 4.74 Å². The summed E-state index contributed by atoms with van der Waals surface area (Å²) < 4.78 is 5.05. The predicted octanol–water partition coefficient (Wildman–Crippen LogP) is 0.834. The van der Waals surface area contributed by atoms with Crippen LogP contribution in [0.5, 0.6) is 0 Å². The first kappa shape index (κ1) is 8.05. The first-order valence-corrected chi connectivity index (χ1v) is 4.72. The van der Waals surface area contributed by atoms with E-state index in [2.05, 4.69) is 5.32 Å². The van der Waals surface area contributed by atoms with Gasteiger partial charge >= 0.3 is 5.97 Å². The van der Waals surface area contributed by atoms with Crippen molar-refractivity contribution in [1.29, 1.82) is 0 Å². The highest BCUT2D eigenvalue weighted by molar-refractivity contribution is 5.82. The Morgan fingerprint density at radius 2 is 2.25 bits per heavy atom. The molecule has 0 aliphatic carbocycles. The van der Waals surface area contributed by atoms with Crippen LogP contribution in [-0.4, -0.2) is 24.2 Å². The Kier molecular flexibility index (Phi) is 1.83. The lowest BCUT2D eigenvalue weighted by molar-refractivity contribution is -0.150. The van der Waals surface area contributed by atoms with Crippen molar-refractivity contribution in [3.8, 4) is 0 Å². The van der Waals surface area contributed by atoms with Crippen LogP contribution < -0.4 is 5.32 Å². The van der Waals surface area contributed by atoms with Crippen molar-refractivity contribution in [2.24, 2.45) is 0 Å². The van der Waals surface area contributed by atoms with Crippen molar-refractivity contribution in [3.05, 3.63) is 0 Å². The molecule has 2 heterocycles. The van der Waals surface area contributed by atoms with Crippen molar-refractivity contribution in [2.75, 3.05) is 6.61 Å². The van der Waals surface area contributed by atoms with E-state index in [-0.39, 0.29) is 11.5 Å². The summed E-state index contributed by atoms with van der Waals surface area (Å²) in [5, 5.41) is 3.35. The quantitative estimate of drug-likeness (QED) is 0.622. The Labute approximate surface area is 72.5 Å². The smallest absolute Gasteiger partial charge is 0.326 e. The summed E-state index contributed by atoms with van der Waals surface area (Å²) in [5.41, 5.74) is -0.291. The minimum Gasteiger partial charge on any atom is -0.465 e. The Morgan fingerprint density at radius 3 is 2.67 bits per heavy atom. The van der Waals surface area contributed by atoms with Crippen molar-refractivity contribution >= 4 is 5.97 Å². The SMILES string of the molecule is CCOC(=O)C12CCC(CC1)N2. The van der Waals surface area contributed by atoms with Crippen LogP contribution in [0.1, 0.15) is 32.6 Å². The molecule has 68 valence electrons. The molecule has 2 aliphatic heterocycles. The zero-order chi connectivity index (χ0) is 8.60. The molecule has 0 unspecified atom stereocenters. The highest BCUT2D eigenvalue weighted by atomic mass is 16.5. The first-order chi connectivity index (χ1) is 5.77. The number of ether oxygens (including phenoxy) is 1. The van der Waals surface area contributed by atoms with E-state index in [1.165, 1.54) is 0 Å². The minimum absolute atomic E-state index is 0.0370. The molecule has 0 spiro atoms. The molecule has 2 rings (SSSR count). The van der Waals surface area contributed by atoms with E-state index in [4.69, 9.17) is 4.74 Å². The third kappa shape index (κ3) is 1.04. The molecule has 0 aromatic heterocycles. The molecule has 0 saturated carbocycles. The van der Waals surface area contributed by atoms with Gasteiger partial charge in [-0.1, -0.05) is 0 Å².